The predicted molar refractivity (Wildman–Crippen MR) is 104 cm³/mol. The van der Waals surface area contributed by atoms with E-state index in [1.54, 1.807) is 12.1 Å². The van der Waals surface area contributed by atoms with Crippen molar-refractivity contribution in [2.45, 2.75) is 39.0 Å². The summed E-state index contributed by atoms with van der Waals surface area (Å²) >= 11 is 0. The van der Waals surface area contributed by atoms with E-state index in [-0.39, 0.29) is 6.61 Å². The SMILES string of the molecule is Cc1cc(OCC(=O)O)cc(C)c1Oc1ccc2[nH]cc(C3CCC3)c2c1. The van der Waals surface area contributed by atoms with E-state index in [1.807, 2.05) is 19.9 Å². The number of aliphatic carboxylic acids is 1. The molecule has 140 valence electrons. The minimum atomic E-state index is -0.993. The Morgan fingerprint density at radius 3 is 2.52 bits per heavy atom. The van der Waals surface area contributed by atoms with Crippen LogP contribution in [0.5, 0.6) is 17.2 Å². The van der Waals surface area contributed by atoms with E-state index in [9.17, 15) is 4.79 Å². The molecule has 0 unspecified atom stereocenters. The van der Waals surface area contributed by atoms with Gasteiger partial charge in [0.25, 0.3) is 0 Å². The highest BCUT2D eigenvalue weighted by atomic mass is 16.5. The number of fused-ring (bicyclic) bond motifs is 1. The summed E-state index contributed by atoms with van der Waals surface area (Å²) in [6, 6.07) is 9.74. The lowest BCUT2D eigenvalue weighted by Gasteiger charge is -2.25. The molecule has 1 saturated carbocycles. The lowest BCUT2D eigenvalue weighted by Crippen LogP contribution is -2.09. The highest BCUT2D eigenvalue weighted by Gasteiger charge is 2.22. The van der Waals surface area contributed by atoms with E-state index in [1.165, 1.54) is 30.2 Å². The van der Waals surface area contributed by atoms with E-state index in [4.69, 9.17) is 14.6 Å². The van der Waals surface area contributed by atoms with Gasteiger partial charge in [0.15, 0.2) is 6.61 Å². The standard InChI is InChI=1S/C22H23NO4/c1-13-8-17(26-12-21(24)25)9-14(2)22(13)27-16-6-7-20-18(10-16)19(11-23-20)15-4-3-5-15/h6-11,15,23H,3-5,12H2,1-2H3,(H,24,25). The molecule has 1 heterocycles. The Labute approximate surface area is 157 Å². The van der Waals surface area contributed by atoms with Gasteiger partial charge in [-0.05, 0) is 79.6 Å². The summed E-state index contributed by atoms with van der Waals surface area (Å²) in [5.74, 6) is 1.77. The molecular weight excluding hydrogens is 342 g/mol. The average Bonchev–Trinajstić information content (AvgIpc) is 2.98. The van der Waals surface area contributed by atoms with Crippen molar-refractivity contribution in [2.24, 2.45) is 0 Å². The number of aromatic amines is 1. The van der Waals surface area contributed by atoms with E-state index >= 15 is 0 Å². The van der Waals surface area contributed by atoms with Crippen molar-refractivity contribution in [1.82, 2.24) is 4.98 Å². The van der Waals surface area contributed by atoms with Gasteiger partial charge < -0.3 is 19.6 Å². The van der Waals surface area contributed by atoms with Gasteiger partial charge in [-0.2, -0.15) is 0 Å². The van der Waals surface area contributed by atoms with Gasteiger partial charge in [0.2, 0.25) is 0 Å². The number of aryl methyl sites for hydroxylation is 2. The fourth-order valence-electron chi connectivity index (χ4n) is 3.66. The molecule has 0 radical (unpaired) electrons. The van der Waals surface area contributed by atoms with E-state index in [2.05, 4.69) is 23.3 Å². The minimum absolute atomic E-state index is 0.354. The molecule has 2 N–H and O–H groups in total. The molecule has 0 amide bonds. The first-order valence-electron chi connectivity index (χ1n) is 9.26. The third-order valence-electron chi connectivity index (χ3n) is 5.25. The zero-order valence-electron chi connectivity index (χ0n) is 15.5. The van der Waals surface area contributed by atoms with Crippen LogP contribution < -0.4 is 9.47 Å². The van der Waals surface area contributed by atoms with Crippen molar-refractivity contribution < 1.29 is 19.4 Å². The molecule has 1 fully saturated rings. The average molecular weight is 365 g/mol. The van der Waals surface area contributed by atoms with Crippen LogP contribution in [0.3, 0.4) is 0 Å². The molecule has 2 aromatic carbocycles. The van der Waals surface area contributed by atoms with Gasteiger partial charge in [0, 0.05) is 17.1 Å². The Balaban J connectivity index is 1.60. The Hall–Kier alpha value is -2.95. The molecule has 3 aromatic rings. The van der Waals surface area contributed by atoms with Gasteiger partial charge in [-0.15, -0.1) is 0 Å². The molecular formula is C22H23NO4. The first-order chi connectivity index (χ1) is 13.0. The summed E-state index contributed by atoms with van der Waals surface area (Å²) in [4.78, 5) is 14.0. The number of carbonyl (C=O) groups is 1. The second-order valence-corrected chi connectivity index (χ2v) is 7.25. The van der Waals surface area contributed by atoms with Gasteiger partial charge in [0.05, 0.1) is 0 Å². The zero-order valence-corrected chi connectivity index (χ0v) is 15.5. The fourth-order valence-corrected chi connectivity index (χ4v) is 3.66. The topological polar surface area (TPSA) is 71.6 Å². The number of benzene rings is 2. The predicted octanol–water partition coefficient (Wildman–Crippen LogP) is 5.31. The first kappa shape index (κ1) is 17.5. The Morgan fingerprint density at radius 1 is 1.15 bits per heavy atom. The summed E-state index contributed by atoms with van der Waals surface area (Å²) in [7, 11) is 0. The lowest BCUT2D eigenvalue weighted by molar-refractivity contribution is -0.139. The van der Waals surface area contributed by atoms with Crippen LogP contribution in [0, 0.1) is 13.8 Å². The third-order valence-corrected chi connectivity index (χ3v) is 5.25. The van der Waals surface area contributed by atoms with Crippen LogP contribution >= 0.6 is 0 Å². The van der Waals surface area contributed by atoms with Crippen LogP contribution in [0.15, 0.2) is 36.5 Å². The second-order valence-electron chi connectivity index (χ2n) is 7.25. The maximum Gasteiger partial charge on any atom is 0.341 e. The van der Waals surface area contributed by atoms with Crippen LogP contribution in [-0.4, -0.2) is 22.7 Å². The summed E-state index contributed by atoms with van der Waals surface area (Å²) in [6.07, 6.45) is 5.95. The second kappa shape index (κ2) is 6.99. The van der Waals surface area contributed by atoms with E-state index in [0.29, 0.717) is 11.7 Å². The molecule has 1 aliphatic carbocycles. The summed E-state index contributed by atoms with van der Waals surface area (Å²) in [5.41, 5.74) is 4.33. The molecule has 0 bridgehead atoms. The molecule has 27 heavy (non-hydrogen) atoms. The summed E-state index contributed by atoms with van der Waals surface area (Å²) in [5, 5.41) is 9.99. The molecule has 1 aromatic heterocycles. The Kier molecular flexibility index (Phi) is 4.52. The van der Waals surface area contributed by atoms with Gasteiger partial charge >= 0.3 is 5.97 Å². The maximum absolute atomic E-state index is 10.7. The van der Waals surface area contributed by atoms with Gasteiger partial charge in [-0.25, -0.2) is 4.79 Å². The van der Waals surface area contributed by atoms with Crippen molar-refractivity contribution in [3.8, 4) is 17.2 Å². The van der Waals surface area contributed by atoms with Gasteiger partial charge in [-0.3, -0.25) is 0 Å². The number of nitrogens with one attached hydrogen (secondary N) is 1. The molecule has 4 rings (SSSR count). The number of carboxylic acid groups (broad SMARTS) is 1. The van der Waals surface area contributed by atoms with Crippen LogP contribution in [-0.2, 0) is 4.79 Å². The molecule has 0 saturated heterocycles. The normalized spacial score (nSPS) is 14.1. The maximum atomic E-state index is 10.7. The monoisotopic (exact) mass is 365 g/mol. The number of hydrogen-bond acceptors (Lipinski definition) is 3. The smallest absolute Gasteiger partial charge is 0.341 e. The highest BCUT2D eigenvalue weighted by Crippen LogP contribution is 2.41. The fraction of sp³-hybridized carbons (Fsp3) is 0.318. The summed E-state index contributed by atoms with van der Waals surface area (Å²) < 4.78 is 11.5. The number of ether oxygens (including phenoxy) is 2. The number of hydrogen-bond donors (Lipinski definition) is 2. The molecule has 0 spiro atoms. The first-order valence-corrected chi connectivity index (χ1v) is 9.26. The van der Waals surface area contributed by atoms with Crippen molar-refractivity contribution in [1.29, 1.82) is 0 Å². The van der Waals surface area contributed by atoms with E-state index in [0.717, 1.165) is 28.1 Å². The highest BCUT2D eigenvalue weighted by molar-refractivity contribution is 5.85. The van der Waals surface area contributed by atoms with Crippen LogP contribution in [0.2, 0.25) is 0 Å². The number of carboxylic acids is 1. The molecule has 1 aliphatic rings. The number of aromatic nitrogens is 1. The van der Waals surface area contributed by atoms with Crippen LogP contribution in [0.1, 0.15) is 41.9 Å². The molecule has 5 nitrogen and oxygen atoms in total. The minimum Gasteiger partial charge on any atom is -0.482 e. The van der Waals surface area contributed by atoms with Crippen molar-refractivity contribution in [2.75, 3.05) is 6.61 Å². The quantitative estimate of drug-likeness (QED) is 0.621. The number of rotatable bonds is 6. The summed E-state index contributed by atoms with van der Waals surface area (Å²) in [6.45, 7) is 3.52. The van der Waals surface area contributed by atoms with Crippen LogP contribution in [0.25, 0.3) is 10.9 Å². The van der Waals surface area contributed by atoms with Crippen LogP contribution in [0.4, 0.5) is 0 Å². The Morgan fingerprint density at radius 2 is 1.89 bits per heavy atom. The lowest BCUT2D eigenvalue weighted by atomic mass is 9.80. The van der Waals surface area contributed by atoms with E-state index < -0.39 is 5.97 Å². The van der Waals surface area contributed by atoms with Gasteiger partial charge in [-0.1, -0.05) is 6.42 Å². The van der Waals surface area contributed by atoms with Gasteiger partial charge in [0.1, 0.15) is 17.2 Å². The van der Waals surface area contributed by atoms with Crippen molar-refractivity contribution in [3.63, 3.8) is 0 Å². The third kappa shape index (κ3) is 3.50. The largest absolute Gasteiger partial charge is 0.482 e. The molecule has 0 aliphatic heterocycles. The molecule has 5 heteroatoms. The molecule has 0 atom stereocenters. The zero-order chi connectivity index (χ0) is 19.0. The Bertz CT molecular complexity index is 978. The number of H-pyrrole nitrogens is 1. The van der Waals surface area contributed by atoms with Crippen molar-refractivity contribution in [3.05, 3.63) is 53.2 Å². The van der Waals surface area contributed by atoms with Crippen molar-refractivity contribution >= 4 is 16.9 Å².